The number of hydrogen-bond donors (Lipinski definition) is 2. The molecule has 0 saturated heterocycles. The molecule has 0 heterocycles. The number of aliphatic hydroxyl groups is 1. The Morgan fingerprint density at radius 2 is 2.05 bits per heavy atom. The van der Waals surface area contributed by atoms with Crippen molar-refractivity contribution in [2.45, 2.75) is 32.6 Å². The average Bonchev–Trinajstić information content (AvgIpc) is 2.47. The molecule has 20 heavy (non-hydrogen) atoms. The molecule has 1 saturated carbocycles. The van der Waals surface area contributed by atoms with Crippen LogP contribution in [0.5, 0.6) is 0 Å². The first kappa shape index (κ1) is 15.3. The van der Waals surface area contributed by atoms with Crippen LogP contribution in [0.2, 0.25) is 5.02 Å². The smallest absolute Gasteiger partial charge is 0.251 e. The Hall–Kier alpha value is -1.06. The summed E-state index contributed by atoms with van der Waals surface area (Å²) in [6.45, 7) is 2.76. The fraction of sp³-hybridized carbons (Fsp3) is 0.562. The molecule has 0 radical (unpaired) electrons. The van der Waals surface area contributed by atoms with Crippen LogP contribution in [0.1, 0.15) is 41.6 Å². The van der Waals surface area contributed by atoms with Crippen LogP contribution in [0.15, 0.2) is 18.2 Å². The number of carbonyl (C=O) groups excluding carboxylic acids is 1. The van der Waals surface area contributed by atoms with Crippen molar-refractivity contribution in [1.82, 2.24) is 5.32 Å². The second-order valence-electron chi connectivity index (χ2n) is 5.66. The molecule has 1 aliphatic rings. The third-order valence-corrected chi connectivity index (χ3v) is 4.51. The summed E-state index contributed by atoms with van der Waals surface area (Å²) in [6.07, 6.45) is 4.52. The van der Waals surface area contributed by atoms with Crippen LogP contribution >= 0.6 is 11.6 Å². The summed E-state index contributed by atoms with van der Waals surface area (Å²) in [5.41, 5.74) is 1.56. The summed E-state index contributed by atoms with van der Waals surface area (Å²) in [5, 5.41) is 13.0. The van der Waals surface area contributed by atoms with E-state index in [4.69, 9.17) is 11.6 Å². The van der Waals surface area contributed by atoms with E-state index in [2.05, 4.69) is 5.32 Å². The highest BCUT2D eigenvalue weighted by Gasteiger charge is 2.25. The number of halogens is 1. The van der Waals surface area contributed by atoms with Gasteiger partial charge in [0, 0.05) is 23.7 Å². The Kier molecular flexibility index (Phi) is 5.44. The third-order valence-electron chi connectivity index (χ3n) is 4.27. The molecule has 1 aromatic rings. The average molecular weight is 296 g/mol. The zero-order valence-electron chi connectivity index (χ0n) is 11.9. The minimum absolute atomic E-state index is 0.0766. The van der Waals surface area contributed by atoms with Crippen molar-refractivity contribution < 1.29 is 9.90 Å². The fourth-order valence-corrected chi connectivity index (χ4v) is 3.12. The van der Waals surface area contributed by atoms with Gasteiger partial charge in [-0.15, -0.1) is 0 Å². The van der Waals surface area contributed by atoms with Crippen molar-refractivity contribution in [1.29, 1.82) is 0 Å². The molecule has 4 heteroatoms. The minimum Gasteiger partial charge on any atom is -0.396 e. The number of hydrogen-bond acceptors (Lipinski definition) is 2. The highest BCUT2D eigenvalue weighted by molar-refractivity contribution is 6.31. The summed E-state index contributed by atoms with van der Waals surface area (Å²) in [4.78, 5) is 12.2. The van der Waals surface area contributed by atoms with Gasteiger partial charge in [0.25, 0.3) is 5.91 Å². The van der Waals surface area contributed by atoms with Crippen LogP contribution < -0.4 is 5.32 Å². The van der Waals surface area contributed by atoms with Crippen molar-refractivity contribution in [3.05, 3.63) is 34.3 Å². The number of nitrogens with one attached hydrogen (secondary N) is 1. The number of carbonyl (C=O) groups is 1. The summed E-state index contributed by atoms with van der Waals surface area (Å²) < 4.78 is 0. The van der Waals surface area contributed by atoms with Gasteiger partial charge in [-0.1, -0.05) is 30.5 Å². The molecule has 110 valence electrons. The molecule has 1 aliphatic carbocycles. The Bertz CT molecular complexity index is 476. The maximum atomic E-state index is 12.2. The molecule has 1 amide bonds. The van der Waals surface area contributed by atoms with Crippen LogP contribution in [0.3, 0.4) is 0 Å². The van der Waals surface area contributed by atoms with Crippen LogP contribution in [0.4, 0.5) is 0 Å². The second kappa shape index (κ2) is 7.09. The number of rotatable bonds is 4. The van der Waals surface area contributed by atoms with E-state index < -0.39 is 0 Å². The van der Waals surface area contributed by atoms with Crippen LogP contribution in [0, 0.1) is 18.8 Å². The van der Waals surface area contributed by atoms with Gasteiger partial charge in [0.1, 0.15) is 0 Å². The molecule has 2 atom stereocenters. The first-order valence-electron chi connectivity index (χ1n) is 7.27. The predicted molar refractivity (Wildman–Crippen MR) is 81.1 cm³/mol. The summed E-state index contributed by atoms with van der Waals surface area (Å²) in [7, 11) is 0. The molecule has 2 N–H and O–H groups in total. The van der Waals surface area contributed by atoms with Crippen molar-refractivity contribution in [3.8, 4) is 0 Å². The van der Waals surface area contributed by atoms with E-state index >= 15 is 0 Å². The molecular formula is C16H22ClNO2. The minimum atomic E-state index is -0.0766. The van der Waals surface area contributed by atoms with E-state index in [1.54, 1.807) is 12.1 Å². The predicted octanol–water partition coefficient (Wildman–Crippen LogP) is 3.18. The highest BCUT2D eigenvalue weighted by atomic mass is 35.5. The Morgan fingerprint density at radius 1 is 1.35 bits per heavy atom. The fourth-order valence-electron chi connectivity index (χ4n) is 2.95. The molecule has 0 bridgehead atoms. The molecule has 0 aromatic heterocycles. The number of benzene rings is 1. The lowest BCUT2D eigenvalue weighted by molar-refractivity contribution is 0.0908. The summed E-state index contributed by atoms with van der Waals surface area (Å²) >= 11 is 5.94. The normalized spacial score (nSPS) is 22.6. The van der Waals surface area contributed by atoms with Crippen LogP contribution in [-0.2, 0) is 0 Å². The van der Waals surface area contributed by atoms with Crippen molar-refractivity contribution in [2.75, 3.05) is 13.2 Å². The zero-order valence-corrected chi connectivity index (χ0v) is 12.6. The highest BCUT2D eigenvalue weighted by Crippen LogP contribution is 2.29. The number of aryl methyl sites for hydroxylation is 1. The van der Waals surface area contributed by atoms with E-state index in [9.17, 15) is 9.90 Å². The molecular weight excluding hydrogens is 274 g/mol. The van der Waals surface area contributed by atoms with Crippen molar-refractivity contribution >= 4 is 17.5 Å². The van der Waals surface area contributed by atoms with E-state index in [0.717, 1.165) is 18.4 Å². The lowest BCUT2D eigenvalue weighted by Gasteiger charge is -2.30. The molecule has 3 nitrogen and oxygen atoms in total. The zero-order chi connectivity index (χ0) is 14.5. The van der Waals surface area contributed by atoms with Gasteiger partial charge in [0.15, 0.2) is 0 Å². The first-order valence-corrected chi connectivity index (χ1v) is 7.65. The maximum absolute atomic E-state index is 12.2. The van der Waals surface area contributed by atoms with Crippen LogP contribution in [-0.4, -0.2) is 24.2 Å². The summed E-state index contributed by atoms with van der Waals surface area (Å²) in [5.74, 6) is 0.633. The largest absolute Gasteiger partial charge is 0.396 e. The molecule has 2 rings (SSSR count). The van der Waals surface area contributed by atoms with Gasteiger partial charge in [0.2, 0.25) is 0 Å². The quantitative estimate of drug-likeness (QED) is 0.896. The number of aliphatic hydroxyl groups excluding tert-OH is 1. The monoisotopic (exact) mass is 295 g/mol. The van der Waals surface area contributed by atoms with Gasteiger partial charge in [-0.3, -0.25) is 4.79 Å². The molecule has 0 spiro atoms. The maximum Gasteiger partial charge on any atom is 0.251 e. The Morgan fingerprint density at radius 3 is 2.75 bits per heavy atom. The SMILES string of the molecule is Cc1ccc(Cl)cc1C(=O)NCC1CCCCC1CO. The molecule has 0 aliphatic heterocycles. The standard InChI is InChI=1S/C16H22ClNO2/c1-11-6-7-14(17)8-15(11)16(20)18-9-12-4-2-3-5-13(12)10-19/h6-8,12-13,19H,2-5,9-10H2,1H3,(H,18,20). The topological polar surface area (TPSA) is 49.3 Å². The Labute approximate surface area is 125 Å². The van der Waals surface area contributed by atoms with E-state index in [0.29, 0.717) is 29.0 Å². The molecule has 1 fully saturated rings. The van der Waals surface area contributed by atoms with Gasteiger partial charge in [-0.05, 0) is 49.3 Å². The van der Waals surface area contributed by atoms with Gasteiger partial charge in [0.05, 0.1) is 0 Å². The lowest BCUT2D eigenvalue weighted by atomic mass is 9.79. The van der Waals surface area contributed by atoms with E-state index in [1.165, 1.54) is 12.8 Å². The van der Waals surface area contributed by atoms with Crippen molar-refractivity contribution in [2.24, 2.45) is 11.8 Å². The lowest BCUT2D eigenvalue weighted by Crippen LogP contribution is -2.35. The number of amides is 1. The van der Waals surface area contributed by atoms with Crippen molar-refractivity contribution in [3.63, 3.8) is 0 Å². The van der Waals surface area contributed by atoms with Gasteiger partial charge in [-0.2, -0.15) is 0 Å². The summed E-state index contributed by atoms with van der Waals surface area (Å²) in [6, 6.07) is 5.35. The molecule has 2 unspecified atom stereocenters. The van der Waals surface area contributed by atoms with Crippen LogP contribution in [0.25, 0.3) is 0 Å². The Balaban J connectivity index is 1.96. The van der Waals surface area contributed by atoms with E-state index in [1.807, 2.05) is 13.0 Å². The van der Waals surface area contributed by atoms with E-state index in [-0.39, 0.29) is 12.5 Å². The third kappa shape index (κ3) is 3.74. The second-order valence-corrected chi connectivity index (χ2v) is 6.09. The van der Waals surface area contributed by atoms with Gasteiger partial charge in [-0.25, -0.2) is 0 Å². The first-order chi connectivity index (χ1) is 9.61. The van der Waals surface area contributed by atoms with Gasteiger partial charge < -0.3 is 10.4 Å². The van der Waals surface area contributed by atoms with Gasteiger partial charge >= 0.3 is 0 Å². The molecule has 1 aromatic carbocycles.